The Balaban J connectivity index is 1.31. The summed E-state index contributed by atoms with van der Waals surface area (Å²) in [6, 6.07) is 18.8. The molecule has 0 atom stereocenters. The Morgan fingerprint density at radius 3 is 2.11 bits per heavy atom. The molecule has 196 valence electrons. The molecule has 0 unspecified atom stereocenters. The Morgan fingerprint density at radius 1 is 0.816 bits per heavy atom. The predicted octanol–water partition coefficient (Wildman–Crippen LogP) is 6.15. The number of ether oxygens (including phenoxy) is 4. The Labute approximate surface area is 221 Å². The van der Waals surface area contributed by atoms with Crippen LogP contribution in [0.5, 0.6) is 23.0 Å². The second kappa shape index (κ2) is 10.8. The minimum absolute atomic E-state index is 0.249. The number of aromatic nitrogens is 2. The fraction of sp³-hybridized carbons (Fsp3) is 0.300. The first kappa shape index (κ1) is 24.3. The maximum absolute atomic E-state index is 14.0. The molecule has 0 fully saturated rings. The van der Waals surface area contributed by atoms with E-state index in [9.17, 15) is 4.39 Å². The molecule has 3 heterocycles. The van der Waals surface area contributed by atoms with E-state index >= 15 is 0 Å². The molecule has 0 aliphatic carbocycles. The van der Waals surface area contributed by atoms with Crippen molar-refractivity contribution < 1.29 is 23.3 Å². The van der Waals surface area contributed by atoms with Gasteiger partial charge in [0.05, 0.1) is 11.9 Å². The summed E-state index contributed by atoms with van der Waals surface area (Å²) in [5, 5.41) is 0. The van der Waals surface area contributed by atoms with Gasteiger partial charge in [-0.05, 0) is 53.9 Å². The zero-order valence-electron chi connectivity index (χ0n) is 21.4. The number of unbranched alkanes of at least 4 members (excludes halogenated alkanes) is 1. The summed E-state index contributed by atoms with van der Waals surface area (Å²) < 4.78 is 38.5. The molecule has 0 radical (unpaired) electrons. The van der Waals surface area contributed by atoms with E-state index < -0.39 is 0 Å². The van der Waals surface area contributed by atoms with E-state index in [2.05, 4.69) is 28.5 Å². The van der Waals surface area contributed by atoms with E-state index in [4.69, 9.17) is 23.9 Å². The second-order valence-corrected chi connectivity index (χ2v) is 9.61. The van der Waals surface area contributed by atoms with Crippen LogP contribution in [-0.4, -0.2) is 28.0 Å². The van der Waals surface area contributed by atoms with Gasteiger partial charge in [0, 0.05) is 31.7 Å². The van der Waals surface area contributed by atoms with Crippen LogP contribution in [0, 0.1) is 5.82 Å². The summed E-state index contributed by atoms with van der Waals surface area (Å²) in [6.07, 6.45) is 3.98. The van der Waals surface area contributed by atoms with Crippen LogP contribution in [0.2, 0.25) is 0 Å². The molecular formula is C30H30FN3O4. The van der Waals surface area contributed by atoms with E-state index in [1.807, 2.05) is 36.5 Å². The minimum Gasteiger partial charge on any atom is -0.454 e. The van der Waals surface area contributed by atoms with Gasteiger partial charge in [0.15, 0.2) is 23.0 Å². The highest BCUT2D eigenvalue weighted by Gasteiger charge is 2.20. The first-order valence-electron chi connectivity index (χ1n) is 13.0. The molecule has 2 aliphatic heterocycles. The van der Waals surface area contributed by atoms with Crippen LogP contribution < -0.4 is 18.9 Å². The van der Waals surface area contributed by atoms with Gasteiger partial charge in [-0.3, -0.25) is 4.90 Å². The molecule has 7 nitrogen and oxygen atoms in total. The molecule has 3 aromatic carbocycles. The number of rotatable bonds is 10. The van der Waals surface area contributed by atoms with Crippen LogP contribution in [0.25, 0.3) is 11.4 Å². The molecule has 6 rings (SSSR count). The van der Waals surface area contributed by atoms with Crippen LogP contribution in [0.15, 0.2) is 66.9 Å². The first-order valence-corrected chi connectivity index (χ1v) is 13.0. The molecule has 4 aromatic rings. The number of fused-ring (bicyclic) bond motifs is 2. The van der Waals surface area contributed by atoms with Gasteiger partial charge in [-0.15, -0.1) is 0 Å². The number of hydrogen-bond donors (Lipinski definition) is 0. The monoisotopic (exact) mass is 515 g/mol. The summed E-state index contributed by atoms with van der Waals surface area (Å²) in [7, 11) is 0. The SMILES string of the molecule is CCCCn1c(CN(Cc2ccc3c(c2)OCO3)Cc2ccc3c(c2)OCO3)cnc1-c1cccc(F)c1. The Morgan fingerprint density at radius 2 is 1.47 bits per heavy atom. The van der Waals surface area contributed by atoms with Gasteiger partial charge < -0.3 is 23.5 Å². The third kappa shape index (κ3) is 5.17. The van der Waals surface area contributed by atoms with Gasteiger partial charge in [0.2, 0.25) is 13.6 Å². The predicted molar refractivity (Wildman–Crippen MR) is 141 cm³/mol. The standard InChI is InChI=1S/C30H30FN3O4/c1-2-3-11-34-25(15-32-30(34)23-5-4-6-24(31)14-23)18-33(16-21-7-9-26-28(12-21)37-19-35-26)17-22-8-10-27-29(13-22)38-20-36-27/h4-10,12-15H,2-3,11,16-20H2,1H3. The quantitative estimate of drug-likeness (QED) is 0.253. The molecule has 0 N–H and O–H groups in total. The Kier molecular flexibility index (Phi) is 6.88. The molecule has 2 aliphatic rings. The van der Waals surface area contributed by atoms with Crippen molar-refractivity contribution in [1.29, 1.82) is 0 Å². The fourth-order valence-corrected chi connectivity index (χ4v) is 4.95. The first-order chi connectivity index (χ1) is 18.7. The second-order valence-electron chi connectivity index (χ2n) is 9.61. The van der Waals surface area contributed by atoms with Crippen molar-refractivity contribution in [2.45, 2.75) is 45.9 Å². The maximum Gasteiger partial charge on any atom is 0.231 e. The Hall–Kier alpha value is -4.04. The molecule has 1 aromatic heterocycles. The van der Waals surface area contributed by atoms with Crippen LogP contribution in [-0.2, 0) is 26.2 Å². The van der Waals surface area contributed by atoms with Gasteiger partial charge in [-0.25, -0.2) is 9.37 Å². The number of halogens is 1. The highest BCUT2D eigenvalue weighted by molar-refractivity contribution is 5.56. The van der Waals surface area contributed by atoms with E-state index in [1.165, 1.54) is 6.07 Å². The number of imidazole rings is 1. The summed E-state index contributed by atoms with van der Waals surface area (Å²) in [5.74, 6) is 3.61. The van der Waals surface area contributed by atoms with Gasteiger partial charge >= 0.3 is 0 Å². The highest BCUT2D eigenvalue weighted by Crippen LogP contribution is 2.35. The zero-order chi connectivity index (χ0) is 25.9. The summed E-state index contributed by atoms with van der Waals surface area (Å²) in [6.45, 7) is 5.54. The van der Waals surface area contributed by atoms with E-state index in [1.54, 1.807) is 12.1 Å². The Bertz CT molecular complexity index is 1380. The summed E-state index contributed by atoms with van der Waals surface area (Å²) in [5.41, 5.74) is 4.12. The van der Waals surface area contributed by atoms with Crippen molar-refractivity contribution in [2.24, 2.45) is 0 Å². The molecule has 0 saturated carbocycles. The van der Waals surface area contributed by atoms with E-state index in [-0.39, 0.29) is 19.4 Å². The molecule has 8 heteroatoms. The number of nitrogens with zero attached hydrogens (tertiary/aromatic N) is 3. The van der Waals surface area contributed by atoms with Crippen molar-refractivity contribution in [2.75, 3.05) is 13.6 Å². The van der Waals surface area contributed by atoms with Gasteiger partial charge in [0.1, 0.15) is 11.6 Å². The zero-order valence-corrected chi connectivity index (χ0v) is 21.4. The summed E-state index contributed by atoms with van der Waals surface area (Å²) in [4.78, 5) is 7.10. The number of hydrogen-bond acceptors (Lipinski definition) is 6. The van der Waals surface area contributed by atoms with Crippen LogP contribution in [0.1, 0.15) is 36.6 Å². The van der Waals surface area contributed by atoms with Crippen molar-refractivity contribution in [3.63, 3.8) is 0 Å². The van der Waals surface area contributed by atoms with Crippen molar-refractivity contribution in [3.05, 3.63) is 89.5 Å². The minimum atomic E-state index is -0.263. The summed E-state index contributed by atoms with van der Waals surface area (Å²) >= 11 is 0. The lowest BCUT2D eigenvalue weighted by molar-refractivity contribution is 0.173. The van der Waals surface area contributed by atoms with E-state index in [0.29, 0.717) is 19.6 Å². The normalized spacial score (nSPS) is 13.4. The molecular weight excluding hydrogens is 485 g/mol. The third-order valence-electron chi connectivity index (χ3n) is 6.83. The highest BCUT2D eigenvalue weighted by atomic mass is 19.1. The van der Waals surface area contributed by atoms with Gasteiger partial charge in [-0.2, -0.15) is 0 Å². The average Bonchev–Trinajstić information content (AvgIpc) is 3.67. The van der Waals surface area contributed by atoms with Gasteiger partial charge in [-0.1, -0.05) is 37.6 Å². The maximum atomic E-state index is 14.0. The smallest absolute Gasteiger partial charge is 0.231 e. The van der Waals surface area contributed by atoms with Crippen LogP contribution in [0.3, 0.4) is 0 Å². The van der Waals surface area contributed by atoms with Crippen LogP contribution in [0.4, 0.5) is 4.39 Å². The molecule has 0 saturated heterocycles. The molecule has 0 bridgehead atoms. The molecule has 38 heavy (non-hydrogen) atoms. The fourth-order valence-electron chi connectivity index (χ4n) is 4.95. The lowest BCUT2D eigenvalue weighted by atomic mass is 10.1. The van der Waals surface area contributed by atoms with Crippen molar-refractivity contribution in [1.82, 2.24) is 14.5 Å². The lowest BCUT2D eigenvalue weighted by Crippen LogP contribution is -2.24. The van der Waals surface area contributed by atoms with Crippen molar-refractivity contribution >= 4 is 0 Å². The number of benzene rings is 3. The van der Waals surface area contributed by atoms with Gasteiger partial charge in [0.25, 0.3) is 0 Å². The lowest BCUT2D eigenvalue weighted by Gasteiger charge is -2.24. The van der Waals surface area contributed by atoms with Crippen molar-refractivity contribution in [3.8, 4) is 34.4 Å². The largest absolute Gasteiger partial charge is 0.454 e. The topological polar surface area (TPSA) is 58.0 Å². The van der Waals surface area contributed by atoms with E-state index in [0.717, 1.165) is 70.6 Å². The average molecular weight is 516 g/mol. The molecule has 0 amide bonds. The third-order valence-corrected chi connectivity index (χ3v) is 6.83. The van der Waals surface area contributed by atoms with Crippen LogP contribution >= 0.6 is 0 Å². The molecule has 0 spiro atoms.